The lowest BCUT2D eigenvalue weighted by Gasteiger charge is -2.21. The van der Waals surface area contributed by atoms with Crippen LogP contribution in [0.3, 0.4) is 0 Å². The van der Waals surface area contributed by atoms with Crippen molar-refractivity contribution in [1.82, 2.24) is 0 Å². The molecule has 0 aromatic carbocycles. The van der Waals surface area contributed by atoms with Crippen LogP contribution in [0, 0.1) is 17.8 Å². The van der Waals surface area contributed by atoms with E-state index in [9.17, 15) is 5.11 Å². The zero-order chi connectivity index (χ0) is 9.84. The number of hydrogen-bond acceptors (Lipinski definition) is 2. The van der Waals surface area contributed by atoms with Crippen molar-refractivity contribution in [3.8, 4) is 0 Å². The van der Waals surface area contributed by atoms with E-state index in [2.05, 4.69) is 20.8 Å². The summed E-state index contributed by atoms with van der Waals surface area (Å²) in [5, 5.41) is 9.60. The standard InChI is InChI=1S/C11H22O2/c1-8(2)4-5-9(3)10-6-13-7-11(10)12/h8-12H,4-7H2,1-3H3. The Hall–Kier alpha value is -0.0800. The quantitative estimate of drug-likeness (QED) is 0.728. The van der Waals surface area contributed by atoms with Gasteiger partial charge < -0.3 is 9.84 Å². The van der Waals surface area contributed by atoms with Crippen molar-refractivity contribution in [3.63, 3.8) is 0 Å². The number of hydrogen-bond donors (Lipinski definition) is 1. The van der Waals surface area contributed by atoms with Crippen molar-refractivity contribution in [3.05, 3.63) is 0 Å². The highest BCUT2D eigenvalue weighted by molar-refractivity contribution is 4.78. The molecule has 0 aromatic heterocycles. The minimum absolute atomic E-state index is 0.220. The lowest BCUT2D eigenvalue weighted by molar-refractivity contribution is 0.104. The van der Waals surface area contributed by atoms with E-state index in [1.165, 1.54) is 12.8 Å². The van der Waals surface area contributed by atoms with Gasteiger partial charge in [0, 0.05) is 5.92 Å². The van der Waals surface area contributed by atoms with Gasteiger partial charge in [0.15, 0.2) is 0 Å². The summed E-state index contributed by atoms with van der Waals surface area (Å²) in [6.45, 7) is 8.00. The van der Waals surface area contributed by atoms with Gasteiger partial charge >= 0.3 is 0 Å². The van der Waals surface area contributed by atoms with Gasteiger partial charge in [-0.05, 0) is 11.8 Å². The first kappa shape index (κ1) is 11.0. The molecule has 1 aliphatic heterocycles. The molecule has 2 nitrogen and oxygen atoms in total. The second-order valence-electron chi connectivity index (χ2n) is 4.72. The minimum Gasteiger partial charge on any atom is -0.390 e. The predicted molar refractivity (Wildman–Crippen MR) is 53.6 cm³/mol. The normalized spacial score (nSPS) is 31.2. The summed E-state index contributed by atoms with van der Waals surface area (Å²) in [6, 6.07) is 0. The molecule has 2 heteroatoms. The molecule has 13 heavy (non-hydrogen) atoms. The van der Waals surface area contributed by atoms with E-state index >= 15 is 0 Å². The third-order valence-electron chi connectivity index (χ3n) is 3.02. The molecule has 0 radical (unpaired) electrons. The first-order valence-electron chi connectivity index (χ1n) is 5.37. The van der Waals surface area contributed by atoms with Crippen LogP contribution in [0.25, 0.3) is 0 Å². The van der Waals surface area contributed by atoms with E-state index in [1.54, 1.807) is 0 Å². The van der Waals surface area contributed by atoms with Crippen LogP contribution in [0.2, 0.25) is 0 Å². The van der Waals surface area contributed by atoms with E-state index in [4.69, 9.17) is 4.74 Å². The van der Waals surface area contributed by atoms with Gasteiger partial charge in [0.05, 0.1) is 19.3 Å². The lowest BCUT2D eigenvalue weighted by Crippen LogP contribution is -2.24. The molecular formula is C11H22O2. The van der Waals surface area contributed by atoms with E-state index in [0.29, 0.717) is 18.4 Å². The number of rotatable bonds is 4. The zero-order valence-electron chi connectivity index (χ0n) is 8.99. The van der Waals surface area contributed by atoms with Gasteiger partial charge in [-0.3, -0.25) is 0 Å². The molecular weight excluding hydrogens is 164 g/mol. The fraction of sp³-hybridized carbons (Fsp3) is 1.00. The van der Waals surface area contributed by atoms with E-state index < -0.39 is 0 Å². The molecule has 0 bridgehead atoms. The van der Waals surface area contributed by atoms with Gasteiger partial charge in [0.2, 0.25) is 0 Å². The van der Waals surface area contributed by atoms with Crippen molar-refractivity contribution in [2.45, 2.75) is 39.7 Å². The minimum atomic E-state index is -0.220. The van der Waals surface area contributed by atoms with Crippen LogP contribution in [0.4, 0.5) is 0 Å². The highest BCUT2D eigenvalue weighted by Gasteiger charge is 2.30. The van der Waals surface area contributed by atoms with Gasteiger partial charge in [0.1, 0.15) is 0 Å². The van der Waals surface area contributed by atoms with Crippen molar-refractivity contribution in [1.29, 1.82) is 0 Å². The highest BCUT2D eigenvalue weighted by atomic mass is 16.5. The Kier molecular flexibility index (Phi) is 4.20. The highest BCUT2D eigenvalue weighted by Crippen LogP contribution is 2.26. The fourth-order valence-electron chi connectivity index (χ4n) is 1.91. The molecule has 1 rings (SSSR count). The number of aliphatic hydroxyl groups is 1. The number of ether oxygens (including phenoxy) is 1. The third-order valence-corrected chi connectivity index (χ3v) is 3.02. The monoisotopic (exact) mass is 186 g/mol. The molecule has 3 unspecified atom stereocenters. The van der Waals surface area contributed by atoms with E-state index in [-0.39, 0.29) is 6.10 Å². The lowest BCUT2D eigenvalue weighted by atomic mass is 9.86. The van der Waals surface area contributed by atoms with Crippen LogP contribution in [0.5, 0.6) is 0 Å². The topological polar surface area (TPSA) is 29.5 Å². The Morgan fingerprint density at radius 2 is 1.92 bits per heavy atom. The first-order valence-corrected chi connectivity index (χ1v) is 5.37. The Bertz CT molecular complexity index is 145. The average Bonchev–Trinajstić information content (AvgIpc) is 2.47. The molecule has 0 aliphatic carbocycles. The molecule has 3 atom stereocenters. The van der Waals surface area contributed by atoms with Gasteiger partial charge in [-0.2, -0.15) is 0 Å². The second kappa shape index (κ2) is 4.97. The Morgan fingerprint density at radius 3 is 2.38 bits per heavy atom. The Balaban J connectivity index is 2.25. The summed E-state index contributed by atoms with van der Waals surface area (Å²) >= 11 is 0. The van der Waals surface area contributed by atoms with Gasteiger partial charge in [0.25, 0.3) is 0 Å². The van der Waals surface area contributed by atoms with Crippen LogP contribution in [0.1, 0.15) is 33.6 Å². The summed E-state index contributed by atoms with van der Waals surface area (Å²) < 4.78 is 5.25. The molecule has 0 spiro atoms. The predicted octanol–water partition coefficient (Wildman–Crippen LogP) is 2.07. The average molecular weight is 186 g/mol. The molecule has 1 fully saturated rings. The Morgan fingerprint density at radius 1 is 1.23 bits per heavy atom. The molecule has 1 heterocycles. The van der Waals surface area contributed by atoms with Crippen LogP contribution < -0.4 is 0 Å². The van der Waals surface area contributed by atoms with Crippen molar-refractivity contribution in [2.24, 2.45) is 17.8 Å². The van der Waals surface area contributed by atoms with Crippen LogP contribution >= 0.6 is 0 Å². The smallest absolute Gasteiger partial charge is 0.0826 e. The van der Waals surface area contributed by atoms with Crippen LogP contribution in [-0.4, -0.2) is 24.4 Å². The third kappa shape index (κ3) is 3.28. The molecule has 1 aliphatic rings. The van der Waals surface area contributed by atoms with Crippen LogP contribution in [-0.2, 0) is 4.74 Å². The summed E-state index contributed by atoms with van der Waals surface area (Å²) in [4.78, 5) is 0. The molecule has 1 saturated heterocycles. The summed E-state index contributed by atoms with van der Waals surface area (Å²) in [5.41, 5.74) is 0. The van der Waals surface area contributed by atoms with Gasteiger partial charge in [-0.15, -0.1) is 0 Å². The van der Waals surface area contributed by atoms with Crippen molar-refractivity contribution >= 4 is 0 Å². The van der Waals surface area contributed by atoms with Gasteiger partial charge in [-0.1, -0.05) is 33.6 Å². The molecule has 78 valence electrons. The molecule has 0 aromatic rings. The van der Waals surface area contributed by atoms with Crippen LogP contribution in [0.15, 0.2) is 0 Å². The number of aliphatic hydroxyl groups excluding tert-OH is 1. The summed E-state index contributed by atoms with van der Waals surface area (Å²) in [5.74, 6) is 1.74. The Labute approximate surface area is 81.3 Å². The fourth-order valence-corrected chi connectivity index (χ4v) is 1.91. The first-order chi connectivity index (χ1) is 6.11. The molecule has 0 saturated carbocycles. The molecule has 0 amide bonds. The van der Waals surface area contributed by atoms with Gasteiger partial charge in [-0.25, -0.2) is 0 Å². The second-order valence-corrected chi connectivity index (χ2v) is 4.72. The maximum absolute atomic E-state index is 9.60. The largest absolute Gasteiger partial charge is 0.390 e. The van der Waals surface area contributed by atoms with E-state index in [0.717, 1.165) is 12.5 Å². The SMILES string of the molecule is CC(C)CCC(C)C1COCC1O. The van der Waals surface area contributed by atoms with Crippen molar-refractivity contribution < 1.29 is 9.84 Å². The maximum atomic E-state index is 9.60. The summed E-state index contributed by atoms with van der Waals surface area (Å²) in [7, 11) is 0. The zero-order valence-corrected chi connectivity index (χ0v) is 8.99. The van der Waals surface area contributed by atoms with Crippen molar-refractivity contribution in [2.75, 3.05) is 13.2 Å². The summed E-state index contributed by atoms with van der Waals surface area (Å²) in [6.07, 6.45) is 2.25. The maximum Gasteiger partial charge on any atom is 0.0826 e. The molecule has 1 N–H and O–H groups in total. The van der Waals surface area contributed by atoms with E-state index in [1.807, 2.05) is 0 Å².